The Bertz CT molecular complexity index is 914. The number of ether oxygens (including phenoxy) is 2. The molecule has 1 aromatic carbocycles. The van der Waals surface area contributed by atoms with Crippen molar-refractivity contribution in [1.82, 2.24) is 9.88 Å². The van der Waals surface area contributed by atoms with Crippen molar-refractivity contribution in [3.8, 4) is 17.7 Å². The molecule has 0 spiro atoms. The van der Waals surface area contributed by atoms with Gasteiger partial charge in [0.25, 0.3) is 0 Å². The first kappa shape index (κ1) is 18.5. The Balaban J connectivity index is 1.94. The molecule has 2 heterocycles. The van der Waals surface area contributed by atoms with Gasteiger partial charge in [-0.3, -0.25) is 4.90 Å². The first-order valence-corrected chi connectivity index (χ1v) is 8.68. The van der Waals surface area contributed by atoms with Gasteiger partial charge < -0.3 is 9.47 Å². The van der Waals surface area contributed by atoms with Crippen molar-refractivity contribution < 1.29 is 14.3 Å². The smallest absolute Gasteiger partial charge is 0.415 e. The van der Waals surface area contributed by atoms with Crippen LogP contribution < -0.4 is 4.74 Å². The van der Waals surface area contributed by atoms with Crippen LogP contribution in [0.5, 0.6) is 5.88 Å². The van der Waals surface area contributed by atoms with Crippen LogP contribution in [-0.2, 0) is 4.74 Å². The molecule has 0 atom stereocenters. The second-order valence-electron chi connectivity index (χ2n) is 7.10. The summed E-state index contributed by atoms with van der Waals surface area (Å²) in [6, 6.07) is 13.4. The van der Waals surface area contributed by atoms with Crippen LogP contribution in [0.15, 0.2) is 54.2 Å². The Morgan fingerprint density at radius 3 is 2.44 bits per heavy atom. The number of rotatable bonds is 2. The lowest BCUT2D eigenvalue weighted by molar-refractivity contribution is 0.0344. The molecule has 1 aromatic heterocycles. The van der Waals surface area contributed by atoms with Gasteiger partial charge in [0, 0.05) is 29.0 Å². The number of carbonyl (C=O) groups excluding carboxylic acids is 1. The summed E-state index contributed by atoms with van der Waals surface area (Å²) in [4.78, 5) is 18.4. The molecule has 0 unspecified atom stereocenters. The Morgan fingerprint density at radius 1 is 1.11 bits per heavy atom. The van der Waals surface area contributed by atoms with E-state index in [-0.39, 0.29) is 0 Å². The van der Waals surface area contributed by atoms with Gasteiger partial charge in [0.15, 0.2) is 0 Å². The highest BCUT2D eigenvalue weighted by atomic mass is 16.6. The summed E-state index contributed by atoms with van der Waals surface area (Å²) in [6.07, 6.45) is 1.29. The monoisotopic (exact) mass is 362 g/mol. The normalized spacial score (nSPS) is 13.4. The van der Waals surface area contributed by atoms with Gasteiger partial charge in [-0.05, 0) is 39.0 Å². The predicted molar refractivity (Wildman–Crippen MR) is 104 cm³/mol. The predicted octanol–water partition coefficient (Wildman–Crippen LogP) is 4.10. The van der Waals surface area contributed by atoms with Gasteiger partial charge in [0.1, 0.15) is 5.60 Å². The maximum Gasteiger partial charge on any atom is 0.415 e. The molecule has 27 heavy (non-hydrogen) atoms. The third-order valence-corrected chi connectivity index (χ3v) is 3.84. The number of aromatic nitrogens is 1. The molecular formula is C22H22N2O3. The number of nitrogens with zero attached hydrogens (tertiary/aromatic N) is 2. The van der Waals surface area contributed by atoms with E-state index >= 15 is 0 Å². The van der Waals surface area contributed by atoms with Crippen LogP contribution in [0.25, 0.3) is 5.70 Å². The van der Waals surface area contributed by atoms with E-state index in [4.69, 9.17) is 9.47 Å². The van der Waals surface area contributed by atoms with E-state index in [1.54, 1.807) is 24.3 Å². The zero-order valence-corrected chi connectivity index (χ0v) is 15.9. The summed E-state index contributed by atoms with van der Waals surface area (Å²) in [5.74, 6) is 6.84. The molecule has 5 nitrogen and oxygen atoms in total. The van der Waals surface area contributed by atoms with Crippen molar-refractivity contribution in [2.45, 2.75) is 26.4 Å². The standard InChI is InChI=1S/C22H22N2O3/c1-22(2,3)27-21(25)24-15-18(11-10-16-8-6-5-7-9-16)20(24)17-12-13-19(26-4)23-14-17/h5-9,12-14H,15H2,1-4H3. The van der Waals surface area contributed by atoms with Gasteiger partial charge in [-0.2, -0.15) is 0 Å². The zero-order chi connectivity index (χ0) is 19.4. The molecule has 0 fully saturated rings. The maximum absolute atomic E-state index is 12.5. The van der Waals surface area contributed by atoms with E-state index in [0.29, 0.717) is 12.4 Å². The highest BCUT2D eigenvalue weighted by Gasteiger charge is 2.35. The van der Waals surface area contributed by atoms with Gasteiger partial charge >= 0.3 is 6.09 Å². The lowest BCUT2D eigenvalue weighted by Gasteiger charge is -2.36. The second kappa shape index (κ2) is 7.55. The van der Waals surface area contributed by atoms with E-state index in [1.165, 1.54) is 0 Å². The number of methoxy groups -OCH3 is 1. The van der Waals surface area contributed by atoms with Crippen LogP contribution in [0, 0.1) is 11.8 Å². The van der Waals surface area contributed by atoms with Gasteiger partial charge in [-0.25, -0.2) is 9.78 Å². The topological polar surface area (TPSA) is 51.7 Å². The van der Waals surface area contributed by atoms with Crippen LogP contribution in [0.3, 0.4) is 0 Å². The van der Waals surface area contributed by atoms with Crippen LogP contribution >= 0.6 is 0 Å². The van der Waals surface area contributed by atoms with E-state index in [0.717, 1.165) is 22.4 Å². The van der Waals surface area contributed by atoms with Crippen molar-refractivity contribution in [3.05, 3.63) is 65.4 Å². The molecule has 0 saturated carbocycles. The molecular weight excluding hydrogens is 340 g/mol. The van der Waals surface area contributed by atoms with Crippen molar-refractivity contribution in [3.63, 3.8) is 0 Å². The van der Waals surface area contributed by atoms with Crippen molar-refractivity contribution in [2.75, 3.05) is 13.7 Å². The first-order chi connectivity index (χ1) is 12.9. The molecule has 2 aromatic rings. The molecule has 0 radical (unpaired) electrons. The molecule has 138 valence electrons. The fraction of sp³-hybridized carbons (Fsp3) is 0.273. The minimum Gasteiger partial charge on any atom is -0.481 e. The van der Waals surface area contributed by atoms with Crippen molar-refractivity contribution >= 4 is 11.8 Å². The minimum atomic E-state index is -0.564. The van der Waals surface area contributed by atoms with Gasteiger partial charge in [-0.1, -0.05) is 30.0 Å². The fourth-order valence-corrected chi connectivity index (χ4v) is 2.60. The van der Waals surface area contributed by atoms with Gasteiger partial charge in [-0.15, -0.1) is 0 Å². The maximum atomic E-state index is 12.5. The lowest BCUT2D eigenvalue weighted by atomic mass is 9.99. The summed E-state index contributed by atoms with van der Waals surface area (Å²) in [5, 5.41) is 0. The van der Waals surface area contributed by atoms with E-state index in [2.05, 4.69) is 16.8 Å². The molecule has 3 rings (SSSR count). The van der Waals surface area contributed by atoms with Crippen molar-refractivity contribution in [1.29, 1.82) is 0 Å². The Morgan fingerprint density at radius 2 is 1.85 bits per heavy atom. The number of carbonyl (C=O) groups is 1. The second-order valence-corrected chi connectivity index (χ2v) is 7.10. The highest BCUT2D eigenvalue weighted by Crippen LogP contribution is 2.34. The summed E-state index contributed by atoms with van der Waals surface area (Å²) in [7, 11) is 1.56. The molecule has 1 amide bonds. The molecule has 0 bridgehead atoms. The molecule has 1 aliphatic rings. The summed E-state index contributed by atoms with van der Waals surface area (Å²) >= 11 is 0. The van der Waals surface area contributed by atoms with E-state index in [9.17, 15) is 4.79 Å². The molecule has 5 heteroatoms. The van der Waals surface area contributed by atoms with Crippen LogP contribution in [0.1, 0.15) is 31.9 Å². The Labute approximate surface area is 159 Å². The highest BCUT2D eigenvalue weighted by molar-refractivity contribution is 5.90. The fourth-order valence-electron chi connectivity index (χ4n) is 2.60. The zero-order valence-electron chi connectivity index (χ0n) is 15.9. The van der Waals surface area contributed by atoms with Crippen LogP contribution in [0.4, 0.5) is 4.79 Å². The van der Waals surface area contributed by atoms with Crippen molar-refractivity contribution in [2.24, 2.45) is 0 Å². The quantitative estimate of drug-likeness (QED) is 0.755. The third kappa shape index (κ3) is 4.48. The number of benzene rings is 1. The van der Waals surface area contributed by atoms with E-state index < -0.39 is 11.7 Å². The first-order valence-electron chi connectivity index (χ1n) is 8.68. The summed E-state index contributed by atoms with van der Waals surface area (Å²) in [5.41, 5.74) is 2.75. The summed E-state index contributed by atoms with van der Waals surface area (Å²) in [6.45, 7) is 5.95. The van der Waals surface area contributed by atoms with Crippen LogP contribution in [0.2, 0.25) is 0 Å². The van der Waals surface area contributed by atoms with Gasteiger partial charge in [0.05, 0.1) is 19.4 Å². The largest absolute Gasteiger partial charge is 0.481 e. The Hall–Kier alpha value is -3.26. The molecule has 0 aliphatic carbocycles. The molecule has 1 aliphatic heterocycles. The van der Waals surface area contributed by atoms with Gasteiger partial charge in [0.2, 0.25) is 5.88 Å². The average Bonchev–Trinajstić information content (AvgIpc) is 2.61. The SMILES string of the molecule is COc1ccc(C2=C(C#Cc3ccccc3)CN2C(=O)OC(C)(C)C)cn1. The number of pyridine rings is 1. The number of hydrogen-bond donors (Lipinski definition) is 0. The average molecular weight is 362 g/mol. The van der Waals surface area contributed by atoms with E-state index in [1.807, 2.05) is 57.2 Å². The minimum absolute atomic E-state index is 0.390. The third-order valence-electron chi connectivity index (χ3n) is 3.84. The van der Waals surface area contributed by atoms with Crippen LogP contribution in [-0.4, -0.2) is 35.2 Å². The Kier molecular flexibility index (Phi) is 5.18. The molecule has 0 N–H and O–H groups in total. The summed E-state index contributed by atoms with van der Waals surface area (Å²) < 4.78 is 10.6. The number of hydrogen-bond acceptors (Lipinski definition) is 4. The number of amides is 1. The molecule has 0 saturated heterocycles. The lowest BCUT2D eigenvalue weighted by Crippen LogP contribution is -2.43.